The van der Waals surface area contributed by atoms with Crippen molar-refractivity contribution in [3.05, 3.63) is 0 Å². The molecule has 1 aliphatic rings. The molecule has 0 amide bonds. The van der Waals surface area contributed by atoms with Crippen LogP contribution in [-0.2, 0) is 0 Å². The van der Waals surface area contributed by atoms with Crippen LogP contribution in [0.3, 0.4) is 0 Å². The van der Waals surface area contributed by atoms with Crippen molar-refractivity contribution in [1.29, 1.82) is 0 Å². The van der Waals surface area contributed by atoms with E-state index in [0.29, 0.717) is 5.38 Å². The van der Waals surface area contributed by atoms with Crippen molar-refractivity contribution in [2.75, 3.05) is 0 Å². The van der Waals surface area contributed by atoms with E-state index in [1.807, 2.05) is 0 Å². The SMILES string of the molecule is CCCCC1CCCC1Cl. The van der Waals surface area contributed by atoms with Gasteiger partial charge in [0.15, 0.2) is 0 Å². The van der Waals surface area contributed by atoms with Crippen LogP contribution in [-0.4, -0.2) is 5.38 Å². The van der Waals surface area contributed by atoms with Crippen molar-refractivity contribution in [2.45, 2.75) is 50.8 Å². The van der Waals surface area contributed by atoms with Gasteiger partial charge in [-0.1, -0.05) is 26.2 Å². The predicted molar refractivity (Wildman–Crippen MR) is 46.5 cm³/mol. The summed E-state index contributed by atoms with van der Waals surface area (Å²) < 4.78 is 0. The molecule has 0 aromatic rings. The molecule has 0 aromatic carbocycles. The van der Waals surface area contributed by atoms with Gasteiger partial charge in [0.05, 0.1) is 0 Å². The summed E-state index contributed by atoms with van der Waals surface area (Å²) in [5.41, 5.74) is 0. The molecule has 0 aliphatic heterocycles. The maximum absolute atomic E-state index is 6.11. The van der Waals surface area contributed by atoms with E-state index in [1.54, 1.807) is 0 Å². The lowest BCUT2D eigenvalue weighted by Crippen LogP contribution is -2.05. The van der Waals surface area contributed by atoms with E-state index in [0.717, 1.165) is 5.92 Å². The van der Waals surface area contributed by atoms with E-state index in [9.17, 15) is 0 Å². The number of alkyl halides is 1. The highest BCUT2D eigenvalue weighted by Gasteiger charge is 2.23. The Bertz CT molecular complexity index is 90.7. The zero-order chi connectivity index (χ0) is 7.40. The minimum absolute atomic E-state index is 0.506. The van der Waals surface area contributed by atoms with Gasteiger partial charge in [-0.25, -0.2) is 0 Å². The Labute approximate surface area is 69.0 Å². The molecular weight excluding hydrogens is 144 g/mol. The molecule has 0 radical (unpaired) electrons. The second-order valence-corrected chi connectivity index (χ2v) is 3.91. The van der Waals surface area contributed by atoms with Crippen LogP contribution in [0.5, 0.6) is 0 Å². The number of halogens is 1. The molecule has 1 fully saturated rings. The summed E-state index contributed by atoms with van der Waals surface area (Å²) in [6.07, 6.45) is 8.06. The number of hydrogen-bond donors (Lipinski definition) is 0. The highest BCUT2D eigenvalue weighted by Crippen LogP contribution is 2.33. The fourth-order valence-electron chi connectivity index (χ4n) is 1.78. The molecule has 1 aliphatic carbocycles. The van der Waals surface area contributed by atoms with Crippen molar-refractivity contribution in [2.24, 2.45) is 5.92 Å². The Morgan fingerprint density at radius 1 is 1.40 bits per heavy atom. The van der Waals surface area contributed by atoms with Gasteiger partial charge >= 0.3 is 0 Å². The zero-order valence-electron chi connectivity index (χ0n) is 6.78. The van der Waals surface area contributed by atoms with Crippen molar-refractivity contribution < 1.29 is 0 Å². The lowest BCUT2D eigenvalue weighted by Gasteiger charge is -2.11. The Hall–Kier alpha value is 0.290. The molecule has 0 saturated heterocycles. The minimum Gasteiger partial charge on any atom is -0.123 e. The molecule has 2 atom stereocenters. The van der Waals surface area contributed by atoms with Crippen LogP contribution in [0.4, 0.5) is 0 Å². The second kappa shape index (κ2) is 4.23. The van der Waals surface area contributed by atoms with E-state index in [1.165, 1.54) is 38.5 Å². The Morgan fingerprint density at radius 3 is 2.70 bits per heavy atom. The van der Waals surface area contributed by atoms with Gasteiger partial charge in [0.25, 0.3) is 0 Å². The van der Waals surface area contributed by atoms with Crippen LogP contribution in [0.25, 0.3) is 0 Å². The molecule has 1 rings (SSSR count). The second-order valence-electron chi connectivity index (χ2n) is 3.35. The van der Waals surface area contributed by atoms with Crippen LogP contribution in [0.15, 0.2) is 0 Å². The van der Waals surface area contributed by atoms with Crippen LogP contribution in [0, 0.1) is 5.92 Å². The summed E-state index contributed by atoms with van der Waals surface area (Å²) in [6.45, 7) is 2.25. The average Bonchev–Trinajstić information content (AvgIpc) is 2.31. The first-order chi connectivity index (χ1) is 4.84. The number of hydrogen-bond acceptors (Lipinski definition) is 0. The fraction of sp³-hybridized carbons (Fsp3) is 1.00. The maximum atomic E-state index is 6.11. The highest BCUT2D eigenvalue weighted by molar-refractivity contribution is 6.20. The monoisotopic (exact) mass is 160 g/mol. The summed E-state index contributed by atoms with van der Waals surface area (Å²) in [6, 6.07) is 0. The summed E-state index contributed by atoms with van der Waals surface area (Å²) in [5.74, 6) is 0.849. The molecule has 10 heavy (non-hydrogen) atoms. The van der Waals surface area contributed by atoms with Crippen LogP contribution in [0.1, 0.15) is 45.4 Å². The zero-order valence-corrected chi connectivity index (χ0v) is 7.53. The first-order valence-electron chi connectivity index (χ1n) is 4.48. The van der Waals surface area contributed by atoms with Gasteiger partial charge in [-0.05, 0) is 25.2 Å². The van der Waals surface area contributed by atoms with Crippen molar-refractivity contribution in [3.8, 4) is 0 Å². The Morgan fingerprint density at radius 2 is 2.20 bits per heavy atom. The molecular formula is C9H17Cl. The Kier molecular flexibility index (Phi) is 3.55. The van der Waals surface area contributed by atoms with Crippen LogP contribution in [0.2, 0.25) is 0 Å². The summed E-state index contributed by atoms with van der Waals surface area (Å²) in [7, 11) is 0. The third-order valence-corrected chi connectivity index (χ3v) is 3.07. The third-order valence-electron chi connectivity index (χ3n) is 2.49. The summed E-state index contributed by atoms with van der Waals surface area (Å²) >= 11 is 6.11. The van der Waals surface area contributed by atoms with Crippen molar-refractivity contribution >= 4 is 11.6 Å². The molecule has 60 valence electrons. The first kappa shape index (κ1) is 8.39. The normalized spacial score (nSPS) is 33.0. The van der Waals surface area contributed by atoms with Gasteiger partial charge in [-0.3, -0.25) is 0 Å². The van der Waals surface area contributed by atoms with Gasteiger partial charge < -0.3 is 0 Å². The molecule has 1 saturated carbocycles. The lowest BCUT2D eigenvalue weighted by molar-refractivity contribution is 0.485. The van der Waals surface area contributed by atoms with Crippen molar-refractivity contribution in [3.63, 3.8) is 0 Å². The smallest absolute Gasteiger partial charge is 0.0364 e. The van der Waals surface area contributed by atoms with Gasteiger partial charge in [0.1, 0.15) is 0 Å². The van der Waals surface area contributed by atoms with E-state index in [-0.39, 0.29) is 0 Å². The largest absolute Gasteiger partial charge is 0.123 e. The Balaban J connectivity index is 2.14. The predicted octanol–water partition coefficient (Wildman–Crippen LogP) is 3.58. The van der Waals surface area contributed by atoms with E-state index in [4.69, 9.17) is 11.6 Å². The molecule has 2 unspecified atom stereocenters. The van der Waals surface area contributed by atoms with E-state index < -0.39 is 0 Å². The van der Waals surface area contributed by atoms with Gasteiger partial charge in [-0.15, -0.1) is 11.6 Å². The number of unbranched alkanes of at least 4 members (excludes halogenated alkanes) is 1. The topological polar surface area (TPSA) is 0 Å². The van der Waals surface area contributed by atoms with Crippen LogP contribution >= 0.6 is 11.6 Å². The summed E-state index contributed by atoms with van der Waals surface area (Å²) in [4.78, 5) is 0. The molecule has 0 spiro atoms. The molecule has 0 nitrogen and oxygen atoms in total. The molecule has 0 heterocycles. The standard InChI is InChI=1S/C9H17Cl/c1-2-3-5-8-6-4-7-9(8)10/h8-9H,2-7H2,1H3. The average molecular weight is 161 g/mol. The van der Waals surface area contributed by atoms with Gasteiger partial charge in [-0.2, -0.15) is 0 Å². The molecule has 0 bridgehead atoms. The summed E-state index contributed by atoms with van der Waals surface area (Å²) in [5, 5.41) is 0.506. The van der Waals surface area contributed by atoms with Gasteiger partial charge in [0.2, 0.25) is 0 Å². The van der Waals surface area contributed by atoms with E-state index >= 15 is 0 Å². The minimum atomic E-state index is 0.506. The molecule has 0 aromatic heterocycles. The highest BCUT2D eigenvalue weighted by atomic mass is 35.5. The lowest BCUT2D eigenvalue weighted by atomic mass is 10.0. The maximum Gasteiger partial charge on any atom is 0.0364 e. The van der Waals surface area contributed by atoms with Crippen molar-refractivity contribution in [1.82, 2.24) is 0 Å². The molecule has 1 heteroatoms. The first-order valence-corrected chi connectivity index (χ1v) is 4.92. The molecule has 0 N–H and O–H groups in total. The number of rotatable bonds is 3. The quantitative estimate of drug-likeness (QED) is 0.554. The van der Waals surface area contributed by atoms with Crippen LogP contribution < -0.4 is 0 Å². The van der Waals surface area contributed by atoms with E-state index in [2.05, 4.69) is 6.92 Å². The van der Waals surface area contributed by atoms with Gasteiger partial charge in [0, 0.05) is 5.38 Å². The third kappa shape index (κ3) is 2.16. The fourth-order valence-corrected chi connectivity index (χ4v) is 2.19.